The number of halogens is 4. The predicted molar refractivity (Wildman–Crippen MR) is 108 cm³/mol. The highest BCUT2D eigenvalue weighted by molar-refractivity contribution is 7.92. The number of aromatic nitrogens is 1. The first-order valence-corrected chi connectivity index (χ1v) is 10.9. The van der Waals surface area contributed by atoms with Crippen LogP contribution in [0.25, 0.3) is 0 Å². The summed E-state index contributed by atoms with van der Waals surface area (Å²) in [6, 6.07) is 1.70. The van der Waals surface area contributed by atoms with Crippen LogP contribution >= 0.6 is 11.6 Å². The molecule has 0 saturated carbocycles. The van der Waals surface area contributed by atoms with Gasteiger partial charge >= 0.3 is 6.36 Å². The molecule has 1 amide bonds. The van der Waals surface area contributed by atoms with E-state index < -0.39 is 43.6 Å². The number of amides is 1. The second-order valence-corrected chi connectivity index (χ2v) is 8.46. The number of aryl methyl sites for hydroxylation is 2. The number of rotatable bonds is 6. The van der Waals surface area contributed by atoms with Crippen LogP contribution in [-0.2, 0) is 10.0 Å². The van der Waals surface area contributed by atoms with E-state index in [1.165, 1.54) is 18.9 Å². The Morgan fingerprint density at radius 1 is 1.33 bits per heavy atom. The van der Waals surface area contributed by atoms with E-state index in [0.29, 0.717) is 6.54 Å². The third kappa shape index (κ3) is 5.23. The van der Waals surface area contributed by atoms with Gasteiger partial charge in [-0.15, -0.1) is 23.8 Å². The predicted octanol–water partition coefficient (Wildman–Crippen LogP) is 1.99. The van der Waals surface area contributed by atoms with Crippen LogP contribution in [-0.4, -0.2) is 43.4 Å². The van der Waals surface area contributed by atoms with Gasteiger partial charge in [-0.3, -0.25) is 19.8 Å². The molecule has 0 bridgehead atoms. The number of hydrogen-bond acceptors (Lipinski definition) is 10. The van der Waals surface area contributed by atoms with E-state index in [1.807, 2.05) is 4.72 Å². The average Bonchev–Trinajstić information content (AvgIpc) is 3.29. The molecule has 1 aromatic heterocycles. The summed E-state index contributed by atoms with van der Waals surface area (Å²) in [7, 11) is -4.53. The first-order chi connectivity index (χ1) is 15.3. The van der Waals surface area contributed by atoms with Crippen molar-refractivity contribution in [2.45, 2.75) is 32.0 Å². The average molecular weight is 512 g/mol. The second-order valence-electron chi connectivity index (χ2n) is 6.46. The van der Waals surface area contributed by atoms with Gasteiger partial charge in [0.05, 0.1) is 10.6 Å². The highest BCUT2D eigenvalue weighted by atomic mass is 35.5. The van der Waals surface area contributed by atoms with E-state index in [4.69, 9.17) is 16.1 Å². The molecule has 4 N–H and O–H groups in total. The normalized spacial score (nSPS) is 14.0. The van der Waals surface area contributed by atoms with Crippen molar-refractivity contribution >= 4 is 39.2 Å². The quantitative estimate of drug-likeness (QED) is 0.456. The second kappa shape index (κ2) is 8.95. The molecule has 0 atom stereocenters. The monoisotopic (exact) mass is 511 g/mol. The summed E-state index contributed by atoms with van der Waals surface area (Å²) in [6.07, 6.45) is -5.17. The SMILES string of the molecule is CCN1NNN=C1NC(=O)c1ccc(OC(F)(F)F)c(NS(=O)(=O)c2c(C)noc2C)c1Cl. The maximum Gasteiger partial charge on any atom is 0.573 e. The zero-order chi connectivity index (χ0) is 24.6. The summed E-state index contributed by atoms with van der Waals surface area (Å²) in [5.74, 6) is -1.91. The molecule has 0 aliphatic carbocycles. The minimum absolute atomic E-state index is 0.0396. The number of hydrogen-bond donors (Lipinski definition) is 4. The molecule has 0 spiro atoms. The Morgan fingerprint density at radius 2 is 2.03 bits per heavy atom. The first kappa shape index (κ1) is 24.4. The summed E-state index contributed by atoms with van der Waals surface area (Å²) in [5, 5.41) is 10.5. The molecule has 0 fully saturated rings. The van der Waals surface area contributed by atoms with E-state index in [2.05, 4.69) is 31.4 Å². The lowest BCUT2D eigenvalue weighted by Crippen LogP contribution is -2.47. The van der Waals surface area contributed by atoms with Crippen molar-refractivity contribution in [1.29, 1.82) is 0 Å². The Hall–Kier alpha value is -3.24. The summed E-state index contributed by atoms with van der Waals surface area (Å²) < 4.78 is 75.1. The number of nitrogens with one attached hydrogen (secondary N) is 4. The number of anilines is 1. The van der Waals surface area contributed by atoms with Gasteiger partial charge < -0.3 is 9.26 Å². The Bertz CT molecular complexity index is 1200. The number of sulfonamides is 1. The zero-order valence-corrected chi connectivity index (χ0v) is 18.7. The molecule has 1 aliphatic rings. The number of benzene rings is 1. The van der Waals surface area contributed by atoms with Crippen LogP contribution in [0.15, 0.2) is 26.7 Å². The molecule has 33 heavy (non-hydrogen) atoms. The van der Waals surface area contributed by atoms with Gasteiger partial charge in [-0.2, -0.15) is 0 Å². The summed E-state index contributed by atoms with van der Waals surface area (Å²) in [5.41, 5.74) is 3.82. The largest absolute Gasteiger partial charge is 0.573 e. The number of carbonyl (C=O) groups excluding carboxylic acids is 1. The minimum Gasteiger partial charge on any atom is -0.403 e. The van der Waals surface area contributed by atoms with Crippen LogP contribution in [0.5, 0.6) is 5.75 Å². The molecule has 17 heteroatoms. The van der Waals surface area contributed by atoms with E-state index in [-0.39, 0.29) is 23.0 Å². The van der Waals surface area contributed by atoms with E-state index in [1.54, 1.807) is 6.92 Å². The molecule has 180 valence electrons. The smallest absolute Gasteiger partial charge is 0.403 e. The van der Waals surface area contributed by atoms with Crippen LogP contribution < -0.4 is 25.8 Å². The Labute approximate surface area is 190 Å². The lowest BCUT2D eigenvalue weighted by molar-refractivity contribution is -0.274. The van der Waals surface area contributed by atoms with E-state index in [9.17, 15) is 26.4 Å². The van der Waals surface area contributed by atoms with Gasteiger partial charge in [0, 0.05) is 6.54 Å². The summed E-state index contributed by atoms with van der Waals surface area (Å²) >= 11 is 6.18. The van der Waals surface area contributed by atoms with Gasteiger partial charge in [0.1, 0.15) is 11.4 Å². The molecule has 3 rings (SSSR count). The maximum atomic E-state index is 12.9. The van der Waals surface area contributed by atoms with Crippen molar-refractivity contribution in [3.05, 3.63) is 34.2 Å². The van der Waals surface area contributed by atoms with Crippen molar-refractivity contribution in [3.63, 3.8) is 0 Å². The molecule has 0 saturated heterocycles. The number of nitrogens with zero attached hydrogens (tertiary/aromatic N) is 3. The Kier molecular flexibility index (Phi) is 6.62. The van der Waals surface area contributed by atoms with Crippen molar-refractivity contribution in [3.8, 4) is 5.75 Å². The first-order valence-electron chi connectivity index (χ1n) is 9.05. The number of hydrazine groups is 2. The molecule has 0 unspecified atom stereocenters. The third-order valence-corrected chi connectivity index (χ3v) is 6.18. The minimum atomic E-state index is -5.17. The van der Waals surface area contributed by atoms with Gasteiger partial charge in [0.15, 0.2) is 16.4 Å². The van der Waals surface area contributed by atoms with Gasteiger partial charge in [-0.25, -0.2) is 14.0 Å². The fourth-order valence-electron chi connectivity index (χ4n) is 2.83. The summed E-state index contributed by atoms with van der Waals surface area (Å²) in [6.45, 7) is 4.77. The van der Waals surface area contributed by atoms with Gasteiger partial charge in [0.25, 0.3) is 15.9 Å². The Balaban J connectivity index is 2.03. The maximum absolute atomic E-state index is 12.9. The molecule has 12 nitrogen and oxygen atoms in total. The van der Waals surface area contributed by atoms with Crippen LogP contribution in [0, 0.1) is 13.8 Å². The zero-order valence-electron chi connectivity index (χ0n) is 17.2. The number of ether oxygens (including phenoxy) is 1. The van der Waals surface area contributed by atoms with Crippen LogP contribution in [0.4, 0.5) is 18.9 Å². The number of hydrazone groups is 1. The topological polar surface area (TPSA) is 150 Å². The lowest BCUT2D eigenvalue weighted by atomic mass is 10.1. The highest BCUT2D eigenvalue weighted by Crippen LogP contribution is 2.40. The molecule has 0 radical (unpaired) electrons. The summed E-state index contributed by atoms with van der Waals surface area (Å²) in [4.78, 5) is 12.3. The molecular weight excluding hydrogens is 495 g/mol. The van der Waals surface area contributed by atoms with Crippen LogP contribution in [0.1, 0.15) is 28.7 Å². The van der Waals surface area contributed by atoms with Crippen LogP contribution in [0.2, 0.25) is 5.02 Å². The van der Waals surface area contributed by atoms with Crippen LogP contribution in [0.3, 0.4) is 0 Å². The number of carbonyl (C=O) groups is 1. The molecule has 1 aromatic carbocycles. The van der Waals surface area contributed by atoms with Crippen molar-refractivity contribution in [2.24, 2.45) is 5.10 Å². The standard InChI is InChI=1S/C16H17ClF3N7O5S/c1-4-27-15(22-25-26-27)21-14(28)9-5-6-10(31-16(18,19)20)12(11(9)17)24-33(29,30)13-7(2)23-32-8(13)3/h5-6,24-26H,4H2,1-3H3,(H,21,22,28). The van der Waals surface area contributed by atoms with E-state index >= 15 is 0 Å². The van der Waals surface area contributed by atoms with Crippen molar-refractivity contribution < 1.29 is 35.6 Å². The van der Waals surface area contributed by atoms with Gasteiger partial charge in [-0.1, -0.05) is 16.8 Å². The molecule has 1 aliphatic heterocycles. The van der Waals surface area contributed by atoms with E-state index in [0.717, 1.165) is 12.1 Å². The number of guanidine groups is 1. The fourth-order valence-corrected chi connectivity index (χ4v) is 4.59. The molecule has 2 heterocycles. The Morgan fingerprint density at radius 3 is 2.61 bits per heavy atom. The highest BCUT2D eigenvalue weighted by Gasteiger charge is 2.35. The van der Waals surface area contributed by atoms with Gasteiger partial charge in [-0.05, 0) is 32.9 Å². The third-order valence-electron chi connectivity index (χ3n) is 4.19. The van der Waals surface area contributed by atoms with Crippen molar-refractivity contribution in [1.82, 2.24) is 26.6 Å². The van der Waals surface area contributed by atoms with Crippen molar-refractivity contribution in [2.75, 3.05) is 11.3 Å². The van der Waals surface area contributed by atoms with Gasteiger partial charge in [0.2, 0.25) is 5.96 Å². The lowest BCUT2D eigenvalue weighted by Gasteiger charge is -2.19. The fraction of sp³-hybridized carbons (Fsp3) is 0.312. The number of alkyl halides is 3. The molecular formula is C16H17ClF3N7O5S. The molecule has 2 aromatic rings.